The fourth-order valence-electron chi connectivity index (χ4n) is 2.46. The van der Waals surface area contributed by atoms with Gasteiger partial charge >= 0.3 is 0 Å². The fraction of sp³-hybridized carbons (Fsp3) is 0.474. The molecule has 0 aliphatic heterocycles. The molecule has 26 heavy (non-hydrogen) atoms. The van der Waals surface area contributed by atoms with Gasteiger partial charge in [-0.15, -0.1) is 11.3 Å². The van der Waals surface area contributed by atoms with Gasteiger partial charge in [-0.3, -0.25) is 9.36 Å². The van der Waals surface area contributed by atoms with Crippen molar-refractivity contribution in [2.24, 2.45) is 4.99 Å². The van der Waals surface area contributed by atoms with Gasteiger partial charge in [-0.05, 0) is 30.0 Å². The van der Waals surface area contributed by atoms with Crippen molar-refractivity contribution in [3.05, 3.63) is 44.7 Å². The zero-order chi connectivity index (χ0) is 19.5. The van der Waals surface area contributed by atoms with Gasteiger partial charge in [0.1, 0.15) is 12.0 Å². The highest BCUT2D eigenvalue weighted by molar-refractivity contribution is 7.09. The minimum Gasteiger partial charge on any atom is -0.496 e. The van der Waals surface area contributed by atoms with Gasteiger partial charge in [0.2, 0.25) is 0 Å². The van der Waals surface area contributed by atoms with Crippen LogP contribution in [0.3, 0.4) is 0 Å². The number of halogens is 1. The van der Waals surface area contributed by atoms with E-state index >= 15 is 0 Å². The molecule has 2 aromatic rings. The number of nitrogens with zero attached hydrogens (tertiary/aromatic N) is 2. The molecule has 5 nitrogen and oxygen atoms in total. The molecule has 0 N–H and O–H groups in total. The van der Waals surface area contributed by atoms with Crippen molar-refractivity contribution < 1.29 is 14.3 Å². The molecule has 0 bridgehead atoms. The third-order valence-corrected chi connectivity index (χ3v) is 5.60. The number of ether oxygens (including phenoxy) is 2. The summed E-state index contributed by atoms with van der Waals surface area (Å²) in [5.41, 5.74) is 0.283. The maximum absolute atomic E-state index is 12.8. The Morgan fingerprint density at radius 2 is 2.04 bits per heavy atom. The minimum absolute atomic E-state index is 0.0526. The molecule has 0 saturated heterocycles. The average Bonchev–Trinajstić information content (AvgIpc) is 3.00. The van der Waals surface area contributed by atoms with Crippen molar-refractivity contribution in [3.63, 3.8) is 0 Å². The van der Waals surface area contributed by atoms with E-state index in [1.54, 1.807) is 25.3 Å². The number of methoxy groups -OCH3 is 2. The predicted molar refractivity (Wildman–Crippen MR) is 105 cm³/mol. The largest absolute Gasteiger partial charge is 0.496 e. The molecule has 1 aromatic heterocycles. The molecule has 1 unspecified atom stereocenters. The fourth-order valence-corrected chi connectivity index (χ4v) is 3.71. The van der Waals surface area contributed by atoms with Gasteiger partial charge in [-0.1, -0.05) is 39.3 Å². The van der Waals surface area contributed by atoms with Crippen LogP contribution in [0.5, 0.6) is 5.75 Å². The number of hydrogen-bond acceptors (Lipinski definition) is 4. The van der Waals surface area contributed by atoms with E-state index in [0.717, 1.165) is 11.3 Å². The van der Waals surface area contributed by atoms with Crippen molar-refractivity contribution in [2.75, 3.05) is 14.2 Å². The van der Waals surface area contributed by atoms with E-state index in [1.807, 2.05) is 17.7 Å². The van der Waals surface area contributed by atoms with E-state index in [0.29, 0.717) is 21.1 Å². The third-order valence-electron chi connectivity index (χ3n) is 3.94. The molecule has 0 spiro atoms. The van der Waals surface area contributed by atoms with Crippen molar-refractivity contribution in [1.29, 1.82) is 0 Å². The number of rotatable bonds is 5. The summed E-state index contributed by atoms with van der Waals surface area (Å²) < 4.78 is 12.7. The summed E-state index contributed by atoms with van der Waals surface area (Å²) in [7, 11) is 3.17. The van der Waals surface area contributed by atoms with Crippen molar-refractivity contribution in [2.45, 2.75) is 45.8 Å². The van der Waals surface area contributed by atoms with Crippen LogP contribution < -0.4 is 9.54 Å². The standard InChI is InChI=1S/C19H25ClN2O3S/c1-7-16(25-6)22-11-15(19(2,3)4)26-18(22)21-17(23)13-10-12(20)8-9-14(13)24-5/h8-11,16H,7H2,1-6H3/b21-18-. The molecular formula is C19H25ClN2O3S. The van der Waals surface area contributed by atoms with Crippen molar-refractivity contribution in [1.82, 2.24) is 4.57 Å². The molecule has 142 valence electrons. The summed E-state index contributed by atoms with van der Waals surface area (Å²) in [6.45, 7) is 8.41. The zero-order valence-corrected chi connectivity index (χ0v) is 17.6. The highest BCUT2D eigenvalue weighted by atomic mass is 35.5. The van der Waals surface area contributed by atoms with Gasteiger partial charge in [-0.25, -0.2) is 0 Å². The number of carbonyl (C=O) groups is 1. The van der Waals surface area contributed by atoms with Gasteiger partial charge in [0.15, 0.2) is 4.80 Å². The summed E-state index contributed by atoms with van der Waals surface area (Å²) in [5.74, 6) is 0.0486. The van der Waals surface area contributed by atoms with E-state index in [4.69, 9.17) is 21.1 Å². The molecule has 1 aromatic carbocycles. The first-order valence-electron chi connectivity index (χ1n) is 8.39. The van der Waals surface area contributed by atoms with Crippen LogP contribution in [0.1, 0.15) is 55.6 Å². The van der Waals surface area contributed by atoms with E-state index in [-0.39, 0.29) is 11.6 Å². The lowest BCUT2D eigenvalue weighted by Crippen LogP contribution is -2.22. The molecule has 7 heteroatoms. The molecule has 0 aliphatic rings. The Kier molecular flexibility index (Phi) is 6.66. The number of carbonyl (C=O) groups excluding carboxylic acids is 1. The minimum atomic E-state index is -0.397. The van der Waals surface area contributed by atoms with E-state index < -0.39 is 5.91 Å². The Hall–Kier alpha value is -1.63. The topological polar surface area (TPSA) is 52.8 Å². The first-order valence-corrected chi connectivity index (χ1v) is 9.58. The summed E-state index contributed by atoms with van der Waals surface area (Å²) >= 11 is 7.53. The average molecular weight is 397 g/mol. The van der Waals surface area contributed by atoms with Crippen LogP contribution in [-0.4, -0.2) is 24.7 Å². The van der Waals surface area contributed by atoms with Gasteiger partial charge in [0.25, 0.3) is 5.91 Å². The van der Waals surface area contributed by atoms with E-state index in [2.05, 4.69) is 25.8 Å². The van der Waals surface area contributed by atoms with Crippen molar-refractivity contribution >= 4 is 28.8 Å². The summed E-state index contributed by atoms with van der Waals surface area (Å²) in [5, 5.41) is 0.460. The monoisotopic (exact) mass is 396 g/mol. The van der Waals surface area contributed by atoms with Gasteiger partial charge in [-0.2, -0.15) is 4.99 Å². The smallest absolute Gasteiger partial charge is 0.283 e. The Morgan fingerprint density at radius 1 is 1.35 bits per heavy atom. The van der Waals surface area contributed by atoms with Crippen LogP contribution in [0.15, 0.2) is 29.4 Å². The second-order valence-electron chi connectivity index (χ2n) is 6.90. The van der Waals surface area contributed by atoms with Crippen LogP contribution in [0.2, 0.25) is 5.02 Å². The van der Waals surface area contributed by atoms with Crippen LogP contribution in [0, 0.1) is 0 Å². The molecule has 0 aliphatic carbocycles. The van der Waals surface area contributed by atoms with Crippen LogP contribution >= 0.6 is 22.9 Å². The van der Waals surface area contributed by atoms with Crippen LogP contribution in [-0.2, 0) is 10.2 Å². The molecule has 0 saturated carbocycles. The maximum Gasteiger partial charge on any atom is 0.283 e. The number of benzene rings is 1. The molecule has 1 atom stereocenters. The van der Waals surface area contributed by atoms with Gasteiger partial charge < -0.3 is 9.47 Å². The molecule has 0 fully saturated rings. The first-order chi connectivity index (χ1) is 12.2. The number of hydrogen-bond donors (Lipinski definition) is 0. The lowest BCUT2D eigenvalue weighted by atomic mass is 9.95. The molecular weight excluding hydrogens is 372 g/mol. The SMILES string of the molecule is CCC(OC)n1cc(C(C)(C)C)s/c1=N\C(=O)c1cc(Cl)ccc1OC. The molecule has 1 heterocycles. The second kappa shape index (κ2) is 8.37. The quantitative estimate of drug-likeness (QED) is 0.729. The Balaban J connectivity index is 2.60. The molecule has 1 amide bonds. The van der Waals surface area contributed by atoms with E-state index in [1.165, 1.54) is 18.4 Å². The van der Waals surface area contributed by atoms with Crippen LogP contribution in [0.4, 0.5) is 0 Å². The maximum atomic E-state index is 12.8. The summed E-state index contributed by atoms with van der Waals surface area (Å²) in [6.07, 6.45) is 2.60. The third kappa shape index (κ3) is 4.55. The molecule has 2 rings (SSSR count). The zero-order valence-electron chi connectivity index (χ0n) is 16.0. The summed E-state index contributed by atoms with van der Waals surface area (Å²) in [6, 6.07) is 4.92. The number of amides is 1. The first kappa shape index (κ1) is 20.7. The highest BCUT2D eigenvalue weighted by Crippen LogP contribution is 2.27. The lowest BCUT2D eigenvalue weighted by Gasteiger charge is -2.17. The highest BCUT2D eigenvalue weighted by Gasteiger charge is 2.21. The Bertz CT molecular complexity index is 845. The van der Waals surface area contributed by atoms with E-state index in [9.17, 15) is 4.79 Å². The van der Waals surface area contributed by atoms with Crippen molar-refractivity contribution in [3.8, 4) is 5.75 Å². The summed E-state index contributed by atoms with van der Waals surface area (Å²) in [4.78, 5) is 18.9. The molecule has 0 radical (unpaired) electrons. The Labute approximate surface area is 163 Å². The Morgan fingerprint density at radius 3 is 2.58 bits per heavy atom. The predicted octanol–water partition coefficient (Wildman–Crippen LogP) is 4.81. The van der Waals surface area contributed by atoms with Crippen LogP contribution in [0.25, 0.3) is 0 Å². The normalized spacial score (nSPS) is 13.7. The van der Waals surface area contributed by atoms with Gasteiger partial charge in [0.05, 0.1) is 12.7 Å². The second-order valence-corrected chi connectivity index (χ2v) is 8.34. The lowest BCUT2D eigenvalue weighted by molar-refractivity contribution is 0.0386. The number of thiazole rings is 1. The number of aromatic nitrogens is 1. The van der Waals surface area contributed by atoms with Gasteiger partial charge in [0, 0.05) is 23.2 Å².